The van der Waals surface area contributed by atoms with E-state index in [9.17, 15) is 14.9 Å². The van der Waals surface area contributed by atoms with Crippen molar-refractivity contribution in [3.63, 3.8) is 0 Å². The number of carbonyl (C=O) groups is 1. The average molecular weight is 248 g/mol. The Bertz CT molecular complexity index is 590. The van der Waals surface area contributed by atoms with Crippen molar-refractivity contribution >= 4 is 11.7 Å². The molecule has 0 unspecified atom stereocenters. The summed E-state index contributed by atoms with van der Waals surface area (Å²) in [5.74, 6) is -0.548. The first-order chi connectivity index (χ1) is 8.61. The van der Waals surface area contributed by atoms with Gasteiger partial charge in [-0.2, -0.15) is 5.10 Å². The lowest BCUT2D eigenvalue weighted by Crippen LogP contribution is -2.05. The Morgan fingerprint density at radius 2 is 2.22 bits per heavy atom. The summed E-state index contributed by atoms with van der Waals surface area (Å²) in [7, 11) is 1.26. The normalized spacial score (nSPS) is 10.1. The van der Waals surface area contributed by atoms with E-state index < -0.39 is 10.9 Å². The van der Waals surface area contributed by atoms with Gasteiger partial charge in [-0.15, -0.1) is 0 Å². The number of ether oxygens (including phenoxy) is 1. The molecule has 0 N–H and O–H groups in total. The highest BCUT2D eigenvalue weighted by molar-refractivity contribution is 5.87. The highest BCUT2D eigenvalue weighted by atomic mass is 16.6. The van der Waals surface area contributed by atoms with E-state index >= 15 is 0 Å². The maximum Gasteiger partial charge on any atom is 0.356 e. The summed E-state index contributed by atoms with van der Waals surface area (Å²) in [4.78, 5) is 25.0. The Kier molecular flexibility index (Phi) is 3.00. The fraction of sp³-hybridized carbons (Fsp3) is 0.100. The lowest BCUT2D eigenvalue weighted by molar-refractivity contribution is -0.384. The van der Waals surface area contributed by atoms with E-state index in [2.05, 4.69) is 14.8 Å². The Labute approximate surface area is 101 Å². The summed E-state index contributed by atoms with van der Waals surface area (Å²) in [5, 5.41) is 14.3. The van der Waals surface area contributed by atoms with Crippen LogP contribution in [0.1, 0.15) is 10.5 Å². The van der Waals surface area contributed by atoms with Crippen molar-refractivity contribution in [2.75, 3.05) is 7.11 Å². The smallest absolute Gasteiger partial charge is 0.356 e. The minimum atomic E-state index is -0.548. The van der Waals surface area contributed by atoms with Crippen LogP contribution in [-0.4, -0.2) is 32.8 Å². The fourth-order valence-electron chi connectivity index (χ4n) is 1.30. The number of nitrogens with zero attached hydrogens (tertiary/aromatic N) is 4. The molecule has 0 aliphatic carbocycles. The molecule has 2 rings (SSSR count). The van der Waals surface area contributed by atoms with Gasteiger partial charge >= 0.3 is 11.7 Å². The van der Waals surface area contributed by atoms with Crippen LogP contribution in [0.3, 0.4) is 0 Å². The van der Waals surface area contributed by atoms with E-state index in [0.29, 0.717) is 5.69 Å². The third kappa shape index (κ3) is 2.17. The molecule has 0 fully saturated rings. The van der Waals surface area contributed by atoms with Gasteiger partial charge in [0.05, 0.1) is 23.9 Å². The lowest BCUT2D eigenvalue weighted by Gasteiger charge is -2.01. The van der Waals surface area contributed by atoms with Crippen LogP contribution < -0.4 is 0 Å². The van der Waals surface area contributed by atoms with E-state index in [1.807, 2.05) is 0 Å². The summed E-state index contributed by atoms with van der Waals surface area (Å²) < 4.78 is 5.80. The molecule has 0 aromatic carbocycles. The third-order valence-electron chi connectivity index (χ3n) is 2.19. The van der Waals surface area contributed by atoms with Gasteiger partial charge in [0.1, 0.15) is 18.1 Å². The predicted molar refractivity (Wildman–Crippen MR) is 59.4 cm³/mol. The second-order valence-corrected chi connectivity index (χ2v) is 3.29. The molecule has 0 spiro atoms. The molecule has 0 amide bonds. The number of rotatable bonds is 3. The SMILES string of the molecule is COC(=O)c1ccc(-n2cc([N+](=O)[O-])cn2)cn1. The van der Waals surface area contributed by atoms with Crippen molar-refractivity contribution < 1.29 is 14.5 Å². The number of aromatic nitrogens is 3. The monoisotopic (exact) mass is 248 g/mol. The van der Waals surface area contributed by atoms with Crippen molar-refractivity contribution in [1.29, 1.82) is 0 Å². The summed E-state index contributed by atoms with van der Waals surface area (Å²) in [6.45, 7) is 0. The van der Waals surface area contributed by atoms with Gasteiger partial charge in [0, 0.05) is 0 Å². The standard InChI is InChI=1S/C10H8N4O4/c1-18-10(15)9-3-2-7(4-11-9)13-6-8(5-12-13)14(16)17/h2-6H,1H3. The van der Waals surface area contributed by atoms with Gasteiger partial charge in [-0.3, -0.25) is 10.1 Å². The van der Waals surface area contributed by atoms with Crippen LogP contribution in [0, 0.1) is 10.1 Å². The summed E-state index contributed by atoms with van der Waals surface area (Å²) in [5.41, 5.74) is 0.547. The van der Waals surface area contributed by atoms with Crippen LogP contribution in [0.25, 0.3) is 5.69 Å². The molecule has 0 bridgehead atoms. The highest BCUT2D eigenvalue weighted by Crippen LogP contribution is 2.13. The summed E-state index contributed by atoms with van der Waals surface area (Å²) >= 11 is 0. The molecule has 0 aliphatic heterocycles. The van der Waals surface area contributed by atoms with E-state index in [-0.39, 0.29) is 11.4 Å². The van der Waals surface area contributed by atoms with Gasteiger partial charge in [0.15, 0.2) is 0 Å². The maximum atomic E-state index is 11.2. The Hall–Kier alpha value is -2.77. The molecule has 2 heterocycles. The lowest BCUT2D eigenvalue weighted by atomic mass is 10.3. The number of carbonyl (C=O) groups excluding carboxylic acids is 1. The zero-order valence-electron chi connectivity index (χ0n) is 9.31. The minimum Gasteiger partial charge on any atom is -0.464 e. The number of pyridine rings is 1. The first-order valence-electron chi connectivity index (χ1n) is 4.85. The molecule has 0 aliphatic rings. The fourth-order valence-corrected chi connectivity index (χ4v) is 1.30. The van der Waals surface area contributed by atoms with Gasteiger partial charge < -0.3 is 4.74 Å². The van der Waals surface area contributed by atoms with Crippen LogP contribution in [0.5, 0.6) is 0 Å². The molecule has 0 saturated heterocycles. The molecule has 0 atom stereocenters. The van der Waals surface area contributed by atoms with Crippen LogP contribution >= 0.6 is 0 Å². The van der Waals surface area contributed by atoms with E-state index in [1.165, 1.54) is 30.3 Å². The van der Waals surface area contributed by atoms with E-state index in [1.54, 1.807) is 6.07 Å². The Balaban J connectivity index is 2.28. The minimum absolute atomic E-state index is 0.118. The molecule has 8 nitrogen and oxygen atoms in total. The van der Waals surface area contributed by atoms with Gasteiger partial charge in [0.25, 0.3) is 0 Å². The van der Waals surface area contributed by atoms with Crippen LogP contribution in [0.2, 0.25) is 0 Å². The zero-order chi connectivity index (χ0) is 13.1. The molecule has 92 valence electrons. The molecular formula is C10H8N4O4. The maximum absolute atomic E-state index is 11.2. The van der Waals surface area contributed by atoms with Gasteiger partial charge in [-0.1, -0.05) is 0 Å². The second kappa shape index (κ2) is 4.62. The van der Waals surface area contributed by atoms with Gasteiger partial charge in [-0.25, -0.2) is 14.5 Å². The molecule has 18 heavy (non-hydrogen) atoms. The average Bonchev–Trinajstić information content (AvgIpc) is 2.88. The molecule has 2 aromatic rings. The predicted octanol–water partition coefficient (Wildman–Crippen LogP) is 0.962. The van der Waals surface area contributed by atoms with Crippen molar-refractivity contribution in [3.8, 4) is 5.69 Å². The van der Waals surface area contributed by atoms with Crippen LogP contribution in [-0.2, 0) is 4.74 Å². The Morgan fingerprint density at radius 3 is 2.72 bits per heavy atom. The van der Waals surface area contributed by atoms with Gasteiger partial charge in [0.2, 0.25) is 0 Å². The Morgan fingerprint density at radius 1 is 1.44 bits per heavy atom. The van der Waals surface area contributed by atoms with E-state index in [4.69, 9.17) is 0 Å². The highest BCUT2D eigenvalue weighted by Gasteiger charge is 2.11. The number of hydrogen-bond acceptors (Lipinski definition) is 6. The number of nitro groups is 1. The second-order valence-electron chi connectivity index (χ2n) is 3.29. The quantitative estimate of drug-likeness (QED) is 0.455. The van der Waals surface area contributed by atoms with Crippen molar-refractivity contribution in [2.45, 2.75) is 0 Å². The van der Waals surface area contributed by atoms with Gasteiger partial charge in [-0.05, 0) is 12.1 Å². The van der Waals surface area contributed by atoms with Crippen LogP contribution in [0.4, 0.5) is 5.69 Å². The third-order valence-corrected chi connectivity index (χ3v) is 2.19. The number of hydrogen-bond donors (Lipinski definition) is 0. The molecule has 0 saturated carbocycles. The molecular weight excluding hydrogens is 240 g/mol. The molecule has 2 aromatic heterocycles. The topological polar surface area (TPSA) is 100 Å². The molecule has 8 heteroatoms. The first kappa shape index (κ1) is 11.7. The first-order valence-corrected chi connectivity index (χ1v) is 4.85. The number of esters is 1. The van der Waals surface area contributed by atoms with Crippen molar-refractivity contribution in [1.82, 2.24) is 14.8 Å². The zero-order valence-corrected chi connectivity index (χ0v) is 9.31. The summed E-state index contributed by atoms with van der Waals surface area (Å²) in [6.07, 6.45) is 3.77. The number of methoxy groups -OCH3 is 1. The van der Waals surface area contributed by atoms with Crippen LogP contribution in [0.15, 0.2) is 30.7 Å². The summed E-state index contributed by atoms with van der Waals surface area (Å²) in [6, 6.07) is 3.02. The molecule has 0 radical (unpaired) electrons. The van der Waals surface area contributed by atoms with Crippen molar-refractivity contribution in [2.24, 2.45) is 0 Å². The largest absolute Gasteiger partial charge is 0.464 e. The van der Waals surface area contributed by atoms with Crippen molar-refractivity contribution in [3.05, 3.63) is 46.5 Å². The van der Waals surface area contributed by atoms with E-state index in [0.717, 1.165) is 6.20 Å².